The number of carbonyl (C=O) groups excluding carboxylic acids is 2. The normalized spacial score (nSPS) is 20.2. The number of rotatable bonds is 4. The molecule has 0 bridgehead atoms. The molecule has 0 spiro atoms. The van der Waals surface area contributed by atoms with E-state index in [1.807, 2.05) is 0 Å². The summed E-state index contributed by atoms with van der Waals surface area (Å²) < 4.78 is 51.1. The molecule has 2 fully saturated rings. The molecule has 12 heteroatoms. The number of amidine groups is 1. The zero-order valence-electron chi connectivity index (χ0n) is 15.8. The number of urea groups is 1. The topological polar surface area (TPSA) is 89.4 Å². The van der Waals surface area contributed by atoms with E-state index >= 15 is 0 Å². The largest absolute Gasteiger partial charge is 0.417 e. The number of amides is 3. The lowest BCUT2D eigenvalue weighted by Crippen LogP contribution is -2.62. The first-order chi connectivity index (χ1) is 14.1. The van der Waals surface area contributed by atoms with Gasteiger partial charge in [-0.15, -0.1) is 0 Å². The summed E-state index contributed by atoms with van der Waals surface area (Å²) in [5.74, 6) is -0.406. The van der Waals surface area contributed by atoms with Crippen LogP contribution in [0.4, 0.5) is 22.4 Å². The Morgan fingerprint density at radius 3 is 2.63 bits per heavy atom. The molecule has 1 aromatic heterocycles. The molecule has 1 atom stereocenters. The van der Waals surface area contributed by atoms with Gasteiger partial charge in [-0.2, -0.15) is 13.2 Å². The van der Waals surface area contributed by atoms with Crippen molar-refractivity contribution in [2.24, 2.45) is 0 Å². The Hall–Kier alpha value is -2.43. The quantitative estimate of drug-likeness (QED) is 0.692. The Morgan fingerprint density at radius 2 is 2.03 bits per heavy atom. The van der Waals surface area contributed by atoms with Crippen LogP contribution in [0.5, 0.6) is 0 Å². The summed E-state index contributed by atoms with van der Waals surface area (Å²) in [6, 6.07) is -0.767. The van der Waals surface area contributed by atoms with Gasteiger partial charge < -0.3 is 10.2 Å². The van der Waals surface area contributed by atoms with Gasteiger partial charge in [0.15, 0.2) is 0 Å². The molecular formula is C18H20ClF4N5O2. The first-order valence-corrected chi connectivity index (χ1v) is 9.74. The van der Waals surface area contributed by atoms with Crippen LogP contribution in [0.1, 0.15) is 30.5 Å². The molecule has 3 heterocycles. The Morgan fingerprint density at radius 1 is 1.33 bits per heavy atom. The Kier molecular flexibility index (Phi) is 6.49. The van der Waals surface area contributed by atoms with Gasteiger partial charge in [-0.1, -0.05) is 11.6 Å². The second-order valence-corrected chi connectivity index (χ2v) is 7.60. The summed E-state index contributed by atoms with van der Waals surface area (Å²) in [7, 11) is 0. The molecule has 1 unspecified atom stereocenters. The summed E-state index contributed by atoms with van der Waals surface area (Å²) in [5, 5.41) is 10.4. The van der Waals surface area contributed by atoms with Crippen LogP contribution >= 0.6 is 11.6 Å². The number of hydrogen-bond donors (Lipinski definition) is 2. The average Bonchev–Trinajstić information content (AvgIpc) is 2.65. The van der Waals surface area contributed by atoms with Crippen LogP contribution in [-0.4, -0.2) is 64.4 Å². The first-order valence-electron chi connectivity index (χ1n) is 9.37. The zero-order chi connectivity index (χ0) is 22.1. The molecule has 2 saturated heterocycles. The minimum Gasteiger partial charge on any atom is -0.337 e. The van der Waals surface area contributed by atoms with Gasteiger partial charge in [0.1, 0.15) is 18.0 Å². The second-order valence-electron chi connectivity index (χ2n) is 7.20. The van der Waals surface area contributed by atoms with E-state index in [2.05, 4.69) is 10.3 Å². The number of likely N-dealkylation sites (tertiary alicyclic amines) is 2. The van der Waals surface area contributed by atoms with Crippen LogP contribution in [0.3, 0.4) is 0 Å². The predicted molar refractivity (Wildman–Crippen MR) is 100 cm³/mol. The van der Waals surface area contributed by atoms with Crippen molar-refractivity contribution in [1.82, 2.24) is 20.1 Å². The fourth-order valence-corrected chi connectivity index (χ4v) is 3.65. The Balaban J connectivity index is 1.60. The van der Waals surface area contributed by atoms with Crippen molar-refractivity contribution in [3.8, 4) is 0 Å². The van der Waals surface area contributed by atoms with Crippen LogP contribution < -0.4 is 5.32 Å². The molecule has 164 valence electrons. The number of aromatic nitrogens is 1. The lowest BCUT2D eigenvalue weighted by atomic mass is 9.98. The van der Waals surface area contributed by atoms with Crippen molar-refractivity contribution in [3.63, 3.8) is 0 Å². The number of halogens is 5. The lowest BCUT2D eigenvalue weighted by Gasteiger charge is -2.41. The molecule has 2 N–H and O–H groups in total. The highest BCUT2D eigenvalue weighted by molar-refractivity contribution is 6.31. The number of pyridine rings is 1. The second kappa shape index (κ2) is 8.75. The average molecular weight is 450 g/mol. The standard InChI is InChI=1S/C18H20ClF4N5O2/c19-12-6-10(18(21,22)23)7-26-13(12)4-5-25-17(30)28-14(2-1-3-15(28)24)16(29)27-8-11(20)9-27/h6-7,11,14,24H,1-5,8-9H2,(H,25,30). The van der Waals surface area contributed by atoms with Gasteiger partial charge in [0, 0.05) is 25.6 Å². The van der Waals surface area contributed by atoms with E-state index in [0.29, 0.717) is 25.5 Å². The summed E-state index contributed by atoms with van der Waals surface area (Å²) in [6.45, 7) is -0.0374. The van der Waals surface area contributed by atoms with Crippen LogP contribution in [0.15, 0.2) is 12.3 Å². The van der Waals surface area contributed by atoms with Gasteiger partial charge in [0.2, 0.25) is 5.91 Å². The highest BCUT2D eigenvalue weighted by atomic mass is 35.5. The Bertz CT molecular complexity index is 844. The van der Waals surface area contributed by atoms with Gasteiger partial charge in [0.05, 0.1) is 29.4 Å². The number of piperidine rings is 1. The fourth-order valence-electron chi connectivity index (χ4n) is 3.39. The molecule has 7 nitrogen and oxygen atoms in total. The molecule has 0 radical (unpaired) electrons. The minimum absolute atomic E-state index is 0.00211. The van der Waals surface area contributed by atoms with Gasteiger partial charge in [-0.05, 0) is 18.9 Å². The van der Waals surface area contributed by atoms with E-state index in [-0.39, 0.29) is 42.6 Å². The van der Waals surface area contributed by atoms with Gasteiger partial charge in [0.25, 0.3) is 0 Å². The van der Waals surface area contributed by atoms with Crippen LogP contribution in [-0.2, 0) is 17.4 Å². The molecule has 2 aliphatic rings. The summed E-state index contributed by atoms with van der Waals surface area (Å²) in [5.41, 5.74) is -0.786. The molecular weight excluding hydrogens is 430 g/mol. The number of alkyl halides is 4. The van der Waals surface area contributed by atoms with Crippen molar-refractivity contribution < 1.29 is 27.2 Å². The maximum atomic E-state index is 13.1. The van der Waals surface area contributed by atoms with E-state index in [0.717, 1.165) is 11.0 Å². The molecule has 1 aromatic rings. The molecule has 30 heavy (non-hydrogen) atoms. The van der Waals surface area contributed by atoms with Gasteiger partial charge in [-0.3, -0.25) is 20.1 Å². The SMILES string of the molecule is N=C1CCCC(C(=O)N2CC(F)C2)N1C(=O)NCCc1ncc(C(F)(F)F)cc1Cl. The maximum Gasteiger partial charge on any atom is 0.417 e. The number of hydrogen-bond acceptors (Lipinski definition) is 4. The summed E-state index contributed by atoms with van der Waals surface area (Å²) in [4.78, 5) is 31.3. The number of carbonyl (C=O) groups is 2. The van der Waals surface area contributed by atoms with Crippen LogP contribution in [0.25, 0.3) is 0 Å². The molecule has 2 aliphatic heterocycles. The zero-order valence-corrected chi connectivity index (χ0v) is 16.6. The van der Waals surface area contributed by atoms with E-state index < -0.39 is 35.9 Å². The van der Waals surface area contributed by atoms with Crippen molar-refractivity contribution in [1.29, 1.82) is 5.41 Å². The van der Waals surface area contributed by atoms with Gasteiger partial charge in [-0.25, -0.2) is 9.18 Å². The van der Waals surface area contributed by atoms with Crippen molar-refractivity contribution in [2.45, 2.75) is 44.1 Å². The van der Waals surface area contributed by atoms with E-state index in [1.165, 1.54) is 4.90 Å². The van der Waals surface area contributed by atoms with Gasteiger partial charge >= 0.3 is 12.2 Å². The molecule has 3 rings (SSSR count). The maximum absolute atomic E-state index is 13.1. The third-order valence-corrected chi connectivity index (χ3v) is 5.36. The number of nitrogens with zero attached hydrogens (tertiary/aromatic N) is 3. The molecule has 0 aliphatic carbocycles. The fraction of sp³-hybridized carbons (Fsp3) is 0.556. The molecule has 3 amide bonds. The Labute approximate surface area is 174 Å². The highest BCUT2D eigenvalue weighted by Gasteiger charge is 2.41. The smallest absolute Gasteiger partial charge is 0.337 e. The minimum atomic E-state index is -4.56. The molecule has 0 saturated carbocycles. The number of nitrogens with one attached hydrogen (secondary N) is 2. The monoisotopic (exact) mass is 449 g/mol. The predicted octanol–water partition coefficient (Wildman–Crippen LogP) is 3.02. The summed E-state index contributed by atoms with van der Waals surface area (Å²) >= 11 is 5.86. The summed E-state index contributed by atoms with van der Waals surface area (Å²) in [6.07, 6.45) is -3.62. The highest BCUT2D eigenvalue weighted by Crippen LogP contribution is 2.31. The van der Waals surface area contributed by atoms with Crippen molar-refractivity contribution in [3.05, 3.63) is 28.5 Å². The third-order valence-electron chi connectivity index (χ3n) is 5.03. The van der Waals surface area contributed by atoms with E-state index in [9.17, 15) is 27.2 Å². The third kappa shape index (κ3) is 4.82. The van der Waals surface area contributed by atoms with Crippen LogP contribution in [0.2, 0.25) is 5.02 Å². The van der Waals surface area contributed by atoms with Crippen molar-refractivity contribution in [2.75, 3.05) is 19.6 Å². The van der Waals surface area contributed by atoms with Crippen molar-refractivity contribution >= 4 is 29.4 Å². The van der Waals surface area contributed by atoms with E-state index in [4.69, 9.17) is 17.0 Å². The molecule has 0 aromatic carbocycles. The van der Waals surface area contributed by atoms with Crippen LogP contribution in [0, 0.1) is 5.41 Å². The van der Waals surface area contributed by atoms with E-state index in [1.54, 1.807) is 0 Å². The first kappa shape index (κ1) is 22.3. The lowest BCUT2D eigenvalue weighted by molar-refractivity contribution is -0.142.